The van der Waals surface area contributed by atoms with Gasteiger partial charge in [-0.05, 0) is 6.92 Å². The second-order valence-electron chi connectivity index (χ2n) is 2.95. The SMILES string of the molecule is CC1=CC2C=NN=CC2C=C1. The van der Waals surface area contributed by atoms with Gasteiger partial charge in [0.1, 0.15) is 0 Å². The highest BCUT2D eigenvalue weighted by atomic mass is 15.2. The zero-order valence-corrected chi connectivity index (χ0v) is 6.44. The molecule has 2 aliphatic rings. The molecule has 2 atom stereocenters. The smallest absolute Gasteiger partial charge is 0.0348 e. The monoisotopic (exact) mass is 146 g/mol. The molecule has 56 valence electrons. The van der Waals surface area contributed by atoms with Gasteiger partial charge in [0.05, 0.1) is 0 Å². The van der Waals surface area contributed by atoms with Crippen LogP contribution in [0.3, 0.4) is 0 Å². The highest BCUT2D eigenvalue weighted by Crippen LogP contribution is 2.21. The zero-order chi connectivity index (χ0) is 7.68. The van der Waals surface area contributed by atoms with Gasteiger partial charge in [-0.25, -0.2) is 0 Å². The van der Waals surface area contributed by atoms with Gasteiger partial charge < -0.3 is 0 Å². The summed E-state index contributed by atoms with van der Waals surface area (Å²) in [6, 6.07) is 0. The molecule has 0 aromatic heterocycles. The summed E-state index contributed by atoms with van der Waals surface area (Å²) in [7, 11) is 0. The van der Waals surface area contributed by atoms with Crippen LogP contribution in [0.2, 0.25) is 0 Å². The first kappa shape index (κ1) is 6.53. The van der Waals surface area contributed by atoms with Gasteiger partial charge in [-0.3, -0.25) is 0 Å². The van der Waals surface area contributed by atoms with Crippen LogP contribution in [-0.2, 0) is 0 Å². The van der Waals surface area contributed by atoms with E-state index in [4.69, 9.17) is 0 Å². The van der Waals surface area contributed by atoms with Crippen molar-refractivity contribution in [3.05, 3.63) is 23.8 Å². The molecule has 2 rings (SSSR count). The van der Waals surface area contributed by atoms with E-state index < -0.39 is 0 Å². The number of hydrogen-bond acceptors (Lipinski definition) is 2. The molecule has 1 aliphatic heterocycles. The van der Waals surface area contributed by atoms with Crippen molar-refractivity contribution >= 4 is 12.4 Å². The largest absolute Gasteiger partial charge is 0.163 e. The first-order chi connectivity index (χ1) is 5.36. The molecule has 11 heavy (non-hydrogen) atoms. The molecule has 2 unspecified atom stereocenters. The van der Waals surface area contributed by atoms with Crippen LogP contribution in [0.4, 0.5) is 0 Å². The van der Waals surface area contributed by atoms with Gasteiger partial charge in [-0.1, -0.05) is 23.8 Å². The fourth-order valence-electron chi connectivity index (χ4n) is 1.38. The molecule has 0 saturated heterocycles. The van der Waals surface area contributed by atoms with Crippen molar-refractivity contribution in [3.8, 4) is 0 Å². The lowest BCUT2D eigenvalue weighted by Gasteiger charge is -2.19. The van der Waals surface area contributed by atoms with Crippen LogP contribution < -0.4 is 0 Å². The Morgan fingerprint density at radius 2 is 1.91 bits per heavy atom. The molecule has 0 fully saturated rings. The van der Waals surface area contributed by atoms with E-state index in [1.54, 1.807) is 0 Å². The first-order valence-corrected chi connectivity index (χ1v) is 3.79. The molecule has 0 aromatic rings. The average Bonchev–Trinajstić information content (AvgIpc) is 2.04. The molecule has 0 aromatic carbocycles. The van der Waals surface area contributed by atoms with Crippen molar-refractivity contribution in [1.82, 2.24) is 0 Å². The Hall–Kier alpha value is -1.18. The van der Waals surface area contributed by atoms with Gasteiger partial charge in [-0.2, -0.15) is 10.2 Å². The highest BCUT2D eigenvalue weighted by Gasteiger charge is 2.18. The number of hydrogen-bond donors (Lipinski definition) is 0. The minimum atomic E-state index is 0.441. The predicted octanol–water partition coefficient (Wildman–Crippen LogP) is 1.81. The number of nitrogens with zero attached hydrogens (tertiary/aromatic N) is 2. The molecule has 2 nitrogen and oxygen atoms in total. The summed E-state index contributed by atoms with van der Waals surface area (Å²) >= 11 is 0. The molecule has 0 N–H and O–H groups in total. The normalized spacial score (nSPS) is 33.4. The van der Waals surface area contributed by atoms with Crippen LogP contribution in [-0.4, -0.2) is 12.4 Å². The van der Waals surface area contributed by atoms with Crippen molar-refractivity contribution < 1.29 is 0 Å². The Balaban J connectivity index is 2.29. The zero-order valence-electron chi connectivity index (χ0n) is 6.44. The summed E-state index contributed by atoms with van der Waals surface area (Å²) in [5.41, 5.74) is 1.31. The van der Waals surface area contributed by atoms with Crippen LogP contribution in [0.1, 0.15) is 6.92 Å². The summed E-state index contributed by atoms with van der Waals surface area (Å²) < 4.78 is 0. The molecule has 0 amide bonds. The topological polar surface area (TPSA) is 24.7 Å². The highest BCUT2D eigenvalue weighted by molar-refractivity contribution is 5.78. The summed E-state index contributed by atoms with van der Waals surface area (Å²) in [5, 5.41) is 7.71. The van der Waals surface area contributed by atoms with Crippen LogP contribution >= 0.6 is 0 Å². The van der Waals surface area contributed by atoms with E-state index in [1.165, 1.54) is 5.57 Å². The van der Waals surface area contributed by atoms with E-state index in [0.717, 1.165) is 0 Å². The third-order valence-corrected chi connectivity index (χ3v) is 2.03. The Morgan fingerprint density at radius 1 is 1.18 bits per heavy atom. The second-order valence-corrected chi connectivity index (χ2v) is 2.95. The van der Waals surface area contributed by atoms with E-state index in [-0.39, 0.29) is 0 Å². The van der Waals surface area contributed by atoms with Crippen molar-refractivity contribution in [1.29, 1.82) is 0 Å². The van der Waals surface area contributed by atoms with Gasteiger partial charge >= 0.3 is 0 Å². The predicted molar refractivity (Wildman–Crippen MR) is 46.9 cm³/mol. The van der Waals surface area contributed by atoms with Crippen molar-refractivity contribution in [2.45, 2.75) is 6.92 Å². The molecule has 0 radical (unpaired) electrons. The molecule has 0 saturated carbocycles. The van der Waals surface area contributed by atoms with Crippen LogP contribution in [0.5, 0.6) is 0 Å². The maximum Gasteiger partial charge on any atom is 0.0348 e. The Bertz CT molecular complexity index is 271. The molecule has 2 heteroatoms. The quantitative estimate of drug-likeness (QED) is 0.498. The lowest BCUT2D eigenvalue weighted by atomic mass is 9.87. The Kier molecular flexibility index (Phi) is 1.46. The van der Waals surface area contributed by atoms with Gasteiger partial charge in [-0.15, -0.1) is 0 Å². The number of fused-ring (bicyclic) bond motifs is 1. The van der Waals surface area contributed by atoms with E-state index in [0.29, 0.717) is 11.8 Å². The van der Waals surface area contributed by atoms with Gasteiger partial charge in [0.15, 0.2) is 0 Å². The van der Waals surface area contributed by atoms with Gasteiger partial charge in [0.2, 0.25) is 0 Å². The summed E-state index contributed by atoms with van der Waals surface area (Å²) in [5.74, 6) is 0.883. The van der Waals surface area contributed by atoms with Gasteiger partial charge in [0, 0.05) is 24.3 Å². The van der Waals surface area contributed by atoms with E-state index in [9.17, 15) is 0 Å². The molecule has 0 spiro atoms. The van der Waals surface area contributed by atoms with Crippen LogP contribution in [0, 0.1) is 11.8 Å². The minimum absolute atomic E-state index is 0.441. The molecular weight excluding hydrogens is 136 g/mol. The fraction of sp³-hybridized carbons (Fsp3) is 0.333. The summed E-state index contributed by atoms with van der Waals surface area (Å²) in [6.45, 7) is 2.10. The first-order valence-electron chi connectivity index (χ1n) is 3.79. The van der Waals surface area contributed by atoms with Gasteiger partial charge in [0.25, 0.3) is 0 Å². The summed E-state index contributed by atoms with van der Waals surface area (Å²) in [6.07, 6.45) is 10.3. The third kappa shape index (κ3) is 1.16. The fourth-order valence-corrected chi connectivity index (χ4v) is 1.38. The second kappa shape index (κ2) is 2.46. The van der Waals surface area contributed by atoms with E-state index in [1.807, 2.05) is 12.4 Å². The summed E-state index contributed by atoms with van der Waals surface area (Å²) in [4.78, 5) is 0. The maximum absolute atomic E-state index is 3.86. The van der Waals surface area contributed by atoms with E-state index >= 15 is 0 Å². The third-order valence-electron chi connectivity index (χ3n) is 2.03. The van der Waals surface area contributed by atoms with Crippen LogP contribution in [0.15, 0.2) is 34.0 Å². The lowest BCUT2D eigenvalue weighted by molar-refractivity contribution is 0.741. The van der Waals surface area contributed by atoms with E-state index in [2.05, 4.69) is 35.4 Å². The molecular formula is C9H10N2. The molecule has 1 aliphatic carbocycles. The molecule has 0 bridgehead atoms. The Labute approximate surface area is 66.0 Å². The number of allylic oxidation sites excluding steroid dienone is 4. The van der Waals surface area contributed by atoms with Crippen LogP contribution in [0.25, 0.3) is 0 Å². The number of rotatable bonds is 0. The van der Waals surface area contributed by atoms with Crippen molar-refractivity contribution in [2.24, 2.45) is 22.0 Å². The van der Waals surface area contributed by atoms with Crippen molar-refractivity contribution in [3.63, 3.8) is 0 Å². The Morgan fingerprint density at radius 3 is 2.73 bits per heavy atom. The molecule has 1 heterocycles. The van der Waals surface area contributed by atoms with Crippen molar-refractivity contribution in [2.75, 3.05) is 0 Å². The lowest BCUT2D eigenvalue weighted by Crippen LogP contribution is -2.18. The average molecular weight is 146 g/mol. The maximum atomic E-state index is 3.86. The standard InChI is InChI=1S/C9H10N2/c1-7-2-3-8-5-10-11-6-9(8)4-7/h2-6,8-9H,1H3. The minimum Gasteiger partial charge on any atom is -0.163 e.